The zero-order chi connectivity index (χ0) is 17.9. The smallest absolute Gasteiger partial charge is 0.263 e. The Labute approximate surface area is 162 Å². The Balaban J connectivity index is 1.96. The Morgan fingerprint density at radius 2 is 1.77 bits per heavy atom. The summed E-state index contributed by atoms with van der Waals surface area (Å²) < 4.78 is 2.70. The van der Waals surface area contributed by atoms with Gasteiger partial charge in [-0.3, -0.25) is 9.36 Å². The van der Waals surface area contributed by atoms with Crippen LogP contribution in [0.25, 0.3) is 10.2 Å². The van der Waals surface area contributed by atoms with Crippen molar-refractivity contribution in [1.29, 1.82) is 0 Å². The van der Waals surface area contributed by atoms with Crippen molar-refractivity contribution in [1.82, 2.24) is 9.55 Å². The molecular formula is C20H14BrN3OS. The molecule has 0 N–H and O–H groups in total. The molecule has 0 saturated heterocycles. The van der Waals surface area contributed by atoms with E-state index in [1.807, 2.05) is 60.7 Å². The number of hydrogen-bond donors (Lipinski definition) is 0. The van der Waals surface area contributed by atoms with E-state index >= 15 is 0 Å². The lowest BCUT2D eigenvalue weighted by Crippen LogP contribution is -2.32. The van der Waals surface area contributed by atoms with Crippen molar-refractivity contribution < 1.29 is 0 Å². The lowest BCUT2D eigenvalue weighted by atomic mass is 10.2. The van der Waals surface area contributed by atoms with Crippen LogP contribution in [-0.2, 0) is 6.54 Å². The summed E-state index contributed by atoms with van der Waals surface area (Å²) in [5, 5.41) is 0.614. The van der Waals surface area contributed by atoms with E-state index in [0.717, 1.165) is 15.7 Å². The summed E-state index contributed by atoms with van der Waals surface area (Å²) in [5.41, 5.74) is 1.77. The number of halogens is 1. The van der Waals surface area contributed by atoms with Crippen molar-refractivity contribution in [3.8, 4) is 0 Å². The lowest BCUT2D eigenvalue weighted by molar-refractivity contribution is 0.739. The maximum Gasteiger partial charge on any atom is 0.263 e. The van der Waals surface area contributed by atoms with Gasteiger partial charge in [-0.05, 0) is 42.0 Å². The number of aromatic nitrogens is 2. The predicted molar refractivity (Wildman–Crippen MR) is 109 cm³/mol. The van der Waals surface area contributed by atoms with Crippen LogP contribution >= 0.6 is 27.3 Å². The van der Waals surface area contributed by atoms with Crippen LogP contribution in [-0.4, -0.2) is 9.55 Å². The van der Waals surface area contributed by atoms with E-state index in [1.54, 1.807) is 16.8 Å². The van der Waals surface area contributed by atoms with Gasteiger partial charge in [0.2, 0.25) is 0 Å². The van der Waals surface area contributed by atoms with E-state index < -0.39 is 0 Å². The summed E-state index contributed by atoms with van der Waals surface area (Å²) in [6, 6.07) is 21.2. The van der Waals surface area contributed by atoms with Crippen LogP contribution in [0, 0.1) is 0 Å². The molecule has 0 amide bonds. The molecule has 26 heavy (non-hydrogen) atoms. The van der Waals surface area contributed by atoms with Crippen molar-refractivity contribution in [2.45, 2.75) is 6.54 Å². The molecule has 4 aromatic rings. The monoisotopic (exact) mass is 423 g/mol. The molecule has 0 spiro atoms. The minimum absolute atomic E-state index is 0.0773. The second kappa shape index (κ2) is 7.35. The van der Waals surface area contributed by atoms with Gasteiger partial charge >= 0.3 is 0 Å². The maximum atomic E-state index is 13.1. The fourth-order valence-corrected chi connectivity index (χ4v) is 3.85. The Morgan fingerprint density at radius 3 is 2.54 bits per heavy atom. The van der Waals surface area contributed by atoms with Gasteiger partial charge in [-0.1, -0.05) is 57.6 Å². The standard InChI is InChI=1S/C20H14BrN3OS/c21-15-8-10-16(11-9-15)23-20-24(13-14-5-2-1-3-6-14)19(25)17-7-4-12-22-18(17)26-20/h1-12H,13H2. The van der Waals surface area contributed by atoms with Crippen LogP contribution in [0.1, 0.15) is 5.56 Å². The van der Waals surface area contributed by atoms with E-state index in [0.29, 0.717) is 21.6 Å². The summed E-state index contributed by atoms with van der Waals surface area (Å²) in [6.45, 7) is 0.469. The molecule has 2 aromatic carbocycles. The number of fused-ring (bicyclic) bond motifs is 1. The van der Waals surface area contributed by atoms with Crippen molar-refractivity contribution in [3.63, 3.8) is 0 Å². The van der Waals surface area contributed by atoms with Crippen LogP contribution in [0.3, 0.4) is 0 Å². The SMILES string of the molecule is O=c1c2cccnc2sc(=Nc2ccc(Br)cc2)n1Cc1ccccc1. The third kappa shape index (κ3) is 3.52. The first-order valence-corrected chi connectivity index (χ1v) is 9.64. The maximum absolute atomic E-state index is 13.1. The van der Waals surface area contributed by atoms with Gasteiger partial charge in [-0.25, -0.2) is 9.98 Å². The van der Waals surface area contributed by atoms with Gasteiger partial charge in [0.15, 0.2) is 4.80 Å². The predicted octanol–water partition coefficient (Wildman–Crippen LogP) is 4.50. The van der Waals surface area contributed by atoms with Gasteiger partial charge in [0.1, 0.15) is 4.83 Å². The van der Waals surface area contributed by atoms with Gasteiger partial charge in [0, 0.05) is 10.7 Å². The van der Waals surface area contributed by atoms with Gasteiger partial charge < -0.3 is 0 Å². The molecule has 0 aliphatic carbocycles. The summed E-state index contributed by atoms with van der Waals surface area (Å²) in [5.74, 6) is 0. The van der Waals surface area contributed by atoms with Crippen molar-refractivity contribution in [2.75, 3.05) is 0 Å². The first-order chi connectivity index (χ1) is 12.7. The molecule has 0 radical (unpaired) electrons. The topological polar surface area (TPSA) is 47.2 Å². The highest BCUT2D eigenvalue weighted by atomic mass is 79.9. The van der Waals surface area contributed by atoms with E-state index in [-0.39, 0.29) is 5.56 Å². The van der Waals surface area contributed by atoms with E-state index in [1.165, 1.54) is 11.3 Å². The molecule has 128 valence electrons. The molecule has 4 rings (SSSR count). The normalized spacial score (nSPS) is 11.8. The average Bonchev–Trinajstić information content (AvgIpc) is 2.67. The molecule has 0 aliphatic rings. The minimum atomic E-state index is -0.0773. The first-order valence-electron chi connectivity index (χ1n) is 8.03. The Bertz CT molecular complexity index is 1180. The second-order valence-electron chi connectivity index (χ2n) is 5.71. The molecule has 2 heterocycles. The fourth-order valence-electron chi connectivity index (χ4n) is 2.62. The average molecular weight is 424 g/mol. The first kappa shape index (κ1) is 16.9. The zero-order valence-electron chi connectivity index (χ0n) is 13.7. The Kier molecular flexibility index (Phi) is 4.77. The van der Waals surface area contributed by atoms with Crippen molar-refractivity contribution in [2.24, 2.45) is 4.99 Å². The number of hydrogen-bond acceptors (Lipinski definition) is 4. The van der Waals surface area contributed by atoms with E-state index in [2.05, 4.69) is 20.9 Å². The molecular weight excluding hydrogens is 410 g/mol. The third-order valence-corrected chi connectivity index (χ3v) is 5.44. The molecule has 0 bridgehead atoms. The zero-order valence-corrected chi connectivity index (χ0v) is 16.1. The van der Waals surface area contributed by atoms with E-state index in [4.69, 9.17) is 4.99 Å². The molecule has 0 atom stereocenters. The lowest BCUT2D eigenvalue weighted by Gasteiger charge is -2.08. The number of benzene rings is 2. The van der Waals surface area contributed by atoms with Crippen molar-refractivity contribution >= 4 is 43.2 Å². The van der Waals surface area contributed by atoms with Gasteiger partial charge in [0.05, 0.1) is 17.6 Å². The highest BCUT2D eigenvalue weighted by molar-refractivity contribution is 9.10. The van der Waals surface area contributed by atoms with Crippen LogP contribution in [0.4, 0.5) is 5.69 Å². The largest absolute Gasteiger partial charge is 0.279 e. The van der Waals surface area contributed by atoms with Gasteiger partial charge in [0.25, 0.3) is 5.56 Å². The fraction of sp³-hybridized carbons (Fsp3) is 0.0500. The highest BCUT2D eigenvalue weighted by Crippen LogP contribution is 2.17. The summed E-state index contributed by atoms with van der Waals surface area (Å²) in [4.78, 5) is 23.4. The molecule has 0 unspecified atom stereocenters. The number of rotatable bonds is 3. The number of nitrogens with zero attached hydrogens (tertiary/aromatic N) is 3. The molecule has 0 saturated carbocycles. The summed E-state index contributed by atoms with van der Waals surface area (Å²) >= 11 is 4.85. The molecule has 0 fully saturated rings. The van der Waals surface area contributed by atoms with Gasteiger partial charge in [-0.15, -0.1) is 0 Å². The van der Waals surface area contributed by atoms with Crippen LogP contribution < -0.4 is 10.4 Å². The highest BCUT2D eigenvalue weighted by Gasteiger charge is 2.08. The van der Waals surface area contributed by atoms with Gasteiger partial charge in [-0.2, -0.15) is 0 Å². The molecule has 2 aromatic heterocycles. The summed E-state index contributed by atoms with van der Waals surface area (Å²) in [6.07, 6.45) is 1.70. The second-order valence-corrected chi connectivity index (χ2v) is 7.58. The molecule has 0 aliphatic heterocycles. The van der Waals surface area contributed by atoms with Crippen LogP contribution in [0.5, 0.6) is 0 Å². The molecule has 4 nitrogen and oxygen atoms in total. The Hall–Kier alpha value is -2.57. The minimum Gasteiger partial charge on any atom is -0.279 e. The van der Waals surface area contributed by atoms with Crippen LogP contribution in [0.2, 0.25) is 0 Å². The summed E-state index contributed by atoms with van der Waals surface area (Å²) in [7, 11) is 0. The third-order valence-electron chi connectivity index (χ3n) is 3.90. The quantitative estimate of drug-likeness (QED) is 0.486. The number of pyridine rings is 1. The Morgan fingerprint density at radius 1 is 1.00 bits per heavy atom. The van der Waals surface area contributed by atoms with Crippen molar-refractivity contribution in [3.05, 3.63) is 98.1 Å². The van der Waals surface area contributed by atoms with Crippen LogP contribution in [0.15, 0.2) is 87.2 Å². The van der Waals surface area contributed by atoms with E-state index in [9.17, 15) is 4.79 Å². The molecule has 6 heteroatoms.